The van der Waals surface area contributed by atoms with Crippen LogP contribution in [0.15, 0.2) is 54.6 Å². The van der Waals surface area contributed by atoms with Gasteiger partial charge in [0.05, 0.1) is 13.5 Å². The molecule has 0 bridgehead atoms. The predicted octanol–water partition coefficient (Wildman–Crippen LogP) is 2.88. The van der Waals surface area contributed by atoms with Crippen LogP contribution in [-0.2, 0) is 25.5 Å². The fourth-order valence-corrected chi connectivity index (χ4v) is 3.79. The van der Waals surface area contributed by atoms with Crippen LogP contribution >= 0.6 is 23.8 Å². The third-order valence-corrected chi connectivity index (χ3v) is 5.61. The number of ether oxygens (including phenoxy) is 1. The van der Waals surface area contributed by atoms with Crippen molar-refractivity contribution in [3.63, 3.8) is 0 Å². The summed E-state index contributed by atoms with van der Waals surface area (Å²) in [4.78, 5) is 40.5. The van der Waals surface area contributed by atoms with E-state index in [2.05, 4.69) is 5.32 Å². The summed E-state index contributed by atoms with van der Waals surface area (Å²) in [6, 6.07) is 15.5. The molecule has 9 heteroatoms. The first kappa shape index (κ1) is 22.7. The van der Waals surface area contributed by atoms with Crippen molar-refractivity contribution in [2.45, 2.75) is 18.9 Å². The maximum atomic E-state index is 13.1. The highest BCUT2D eigenvalue weighted by Crippen LogP contribution is 2.22. The number of hydrogen-bond acceptors (Lipinski definition) is 5. The van der Waals surface area contributed by atoms with E-state index in [4.69, 9.17) is 28.6 Å². The monoisotopic (exact) mass is 459 g/mol. The number of thiocarbonyl (C=S) groups is 1. The van der Waals surface area contributed by atoms with Crippen LogP contribution in [0.2, 0.25) is 5.02 Å². The Kier molecular flexibility index (Phi) is 7.59. The molecule has 0 unspecified atom stereocenters. The standard InChI is InChI=1S/C22H22ClN3O4S/c1-30-20(28)14-26-18(13-19(27)24-17-9-7-16(23)8-10-17)21(29)25(22(26)31)12-11-15-5-3-2-4-6-15/h2-10,18H,11-14H2,1H3,(H,24,27)/t18-/m0/s1. The van der Waals surface area contributed by atoms with Gasteiger partial charge in [0.15, 0.2) is 5.11 Å². The van der Waals surface area contributed by atoms with E-state index in [1.165, 1.54) is 16.9 Å². The van der Waals surface area contributed by atoms with E-state index < -0.39 is 12.0 Å². The average Bonchev–Trinajstić information content (AvgIpc) is 2.98. The number of anilines is 1. The Labute approximate surface area is 190 Å². The number of nitrogens with one attached hydrogen (secondary N) is 1. The van der Waals surface area contributed by atoms with Crippen molar-refractivity contribution in [1.82, 2.24) is 9.80 Å². The SMILES string of the molecule is COC(=O)CN1C(=S)N(CCc2ccccc2)C(=O)[C@@H]1CC(=O)Nc1ccc(Cl)cc1. The van der Waals surface area contributed by atoms with E-state index in [0.717, 1.165) is 5.56 Å². The summed E-state index contributed by atoms with van der Waals surface area (Å²) in [6.07, 6.45) is 0.447. The average molecular weight is 460 g/mol. The summed E-state index contributed by atoms with van der Waals surface area (Å²) in [5.41, 5.74) is 1.62. The second-order valence-corrected chi connectivity index (χ2v) is 7.79. The molecule has 2 aromatic carbocycles. The third-order valence-electron chi connectivity index (χ3n) is 4.90. The largest absolute Gasteiger partial charge is 0.468 e. The van der Waals surface area contributed by atoms with Gasteiger partial charge in [-0.05, 0) is 48.5 Å². The van der Waals surface area contributed by atoms with Crippen LogP contribution in [0.25, 0.3) is 0 Å². The van der Waals surface area contributed by atoms with Gasteiger partial charge in [0.2, 0.25) is 5.91 Å². The highest BCUT2D eigenvalue weighted by Gasteiger charge is 2.44. The van der Waals surface area contributed by atoms with Crippen molar-refractivity contribution in [3.05, 3.63) is 65.2 Å². The quantitative estimate of drug-likeness (QED) is 0.483. The second-order valence-electron chi connectivity index (χ2n) is 6.99. The predicted molar refractivity (Wildman–Crippen MR) is 122 cm³/mol. The van der Waals surface area contributed by atoms with Crippen LogP contribution in [0.4, 0.5) is 5.69 Å². The minimum absolute atomic E-state index is 0.152. The fourth-order valence-electron chi connectivity index (χ4n) is 3.29. The minimum atomic E-state index is -0.880. The number of rotatable bonds is 8. The van der Waals surface area contributed by atoms with E-state index in [-0.39, 0.29) is 29.9 Å². The number of halogens is 1. The number of hydrogen-bond donors (Lipinski definition) is 1. The molecular weight excluding hydrogens is 438 g/mol. The Bertz CT molecular complexity index is 968. The Morgan fingerprint density at radius 1 is 1.13 bits per heavy atom. The van der Waals surface area contributed by atoms with Gasteiger partial charge in [0.25, 0.3) is 5.91 Å². The molecule has 1 aliphatic rings. The van der Waals surface area contributed by atoms with Gasteiger partial charge in [-0.15, -0.1) is 0 Å². The van der Waals surface area contributed by atoms with E-state index in [1.54, 1.807) is 24.3 Å². The molecule has 2 aromatic rings. The topological polar surface area (TPSA) is 79.0 Å². The van der Waals surface area contributed by atoms with Crippen molar-refractivity contribution >= 4 is 52.4 Å². The Morgan fingerprint density at radius 2 is 1.81 bits per heavy atom. The van der Waals surface area contributed by atoms with E-state index in [9.17, 15) is 14.4 Å². The lowest BCUT2D eigenvalue weighted by atomic mass is 10.1. The van der Waals surface area contributed by atoms with Gasteiger partial charge in [0, 0.05) is 17.3 Å². The normalized spacial score (nSPS) is 15.9. The number of amides is 2. The molecule has 2 amide bonds. The van der Waals surface area contributed by atoms with Crippen molar-refractivity contribution in [2.24, 2.45) is 0 Å². The lowest BCUT2D eigenvalue weighted by Gasteiger charge is -2.22. The number of methoxy groups -OCH3 is 1. The van der Waals surface area contributed by atoms with Crippen LogP contribution < -0.4 is 5.32 Å². The third kappa shape index (κ3) is 5.80. The van der Waals surface area contributed by atoms with Crippen LogP contribution in [0.3, 0.4) is 0 Å². The van der Waals surface area contributed by atoms with Crippen LogP contribution in [0.1, 0.15) is 12.0 Å². The molecule has 0 radical (unpaired) electrons. The van der Waals surface area contributed by atoms with Crippen LogP contribution in [-0.4, -0.2) is 58.9 Å². The number of carbonyl (C=O) groups is 3. The van der Waals surface area contributed by atoms with Crippen molar-refractivity contribution in [2.75, 3.05) is 25.5 Å². The summed E-state index contributed by atoms with van der Waals surface area (Å²) in [5.74, 6) is -1.22. The molecule has 1 atom stereocenters. The molecule has 3 rings (SSSR count). The van der Waals surface area contributed by atoms with Gasteiger partial charge in [-0.25, -0.2) is 0 Å². The summed E-state index contributed by atoms with van der Waals surface area (Å²) >= 11 is 11.3. The van der Waals surface area contributed by atoms with Gasteiger partial charge in [-0.2, -0.15) is 0 Å². The maximum Gasteiger partial charge on any atom is 0.325 e. The van der Waals surface area contributed by atoms with Crippen molar-refractivity contribution in [1.29, 1.82) is 0 Å². The lowest BCUT2D eigenvalue weighted by Crippen LogP contribution is -2.41. The zero-order valence-corrected chi connectivity index (χ0v) is 18.5. The highest BCUT2D eigenvalue weighted by atomic mass is 35.5. The van der Waals surface area contributed by atoms with Gasteiger partial charge >= 0.3 is 5.97 Å². The molecule has 1 fully saturated rings. The number of esters is 1. The molecule has 31 heavy (non-hydrogen) atoms. The maximum absolute atomic E-state index is 13.1. The molecule has 0 saturated carbocycles. The zero-order chi connectivity index (χ0) is 22.4. The molecule has 162 valence electrons. The molecule has 0 aromatic heterocycles. The first-order valence-electron chi connectivity index (χ1n) is 9.67. The fraction of sp³-hybridized carbons (Fsp3) is 0.273. The Hall–Kier alpha value is -2.97. The van der Waals surface area contributed by atoms with Crippen LogP contribution in [0, 0.1) is 0 Å². The number of carbonyl (C=O) groups excluding carboxylic acids is 3. The molecule has 1 aliphatic heterocycles. The van der Waals surface area contributed by atoms with Crippen molar-refractivity contribution in [3.8, 4) is 0 Å². The van der Waals surface area contributed by atoms with Crippen molar-refractivity contribution < 1.29 is 19.1 Å². The molecular formula is C22H22ClN3O4S. The van der Waals surface area contributed by atoms with Gasteiger partial charge < -0.3 is 15.0 Å². The molecule has 1 N–H and O–H groups in total. The summed E-state index contributed by atoms with van der Waals surface area (Å²) < 4.78 is 4.74. The zero-order valence-electron chi connectivity index (χ0n) is 16.9. The lowest BCUT2D eigenvalue weighted by molar-refractivity contribution is -0.141. The Balaban J connectivity index is 1.72. The van der Waals surface area contributed by atoms with E-state index >= 15 is 0 Å². The first-order chi connectivity index (χ1) is 14.9. The summed E-state index contributed by atoms with van der Waals surface area (Å²) in [7, 11) is 1.26. The van der Waals surface area contributed by atoms with Gasteiger partial charge in [0.1, 0.15) is 12.6 Å². The van der Waals surface area contributed by atoms with Gasteiger partial charge in [-0.1, -0.05) is 41.9 Å². The first-order valence-corrected chi connectivity index (χ1v) is 10.5. The molecule has 0 spiro atoms. The van der Waals surface area contributed by atoms with E-state index in [1.807, 2.05) is 30.3 Å². The Morgan fingerprint density at radius 3 is 2.45 bits per heavy atom. The smallest absolute Gasteiger partial charge is 0.325 e. The molecule has 0 aliphatic carbocycles. The van der Waals surface area contributed by atoms with Gasteiger partial charge in [-0.3, -0.25) is 19.3 Å². The summed E-state index contributed by atoms with van der Waals surface area (Å²) in [5, 5.41) is 3.50. The van der Waals surface area contributed by atoms with E-state index in [0.29, 0.717) is 23.7 Å². The number of nitrogens with zero attached hydrogens (tertiary/aromatic N) is 2. The second kappa shape index (κ2) is 10.4. The molecule has 1 saturated heterocycles. The molecule has 1 heterocycles. The number of benzene rings is 2. The molecule has 7 nitrogen and oxygen atoms in total. The minimum Gasteiger partial charge on any atom is -0.468 e. The summed E-state index contributed by atoms with van der Waals surface area (Å²) in [6.45, 7) is 0.149. The van der Waals surface area contributed by atoms with Crippen LogP contribution in [0.5, 0.6) is 0 Å². The highest BCUT2D eigenvalue weighted by molar-refractivity contribution is 7.80.